The lowest BCUT2D eigenvalue weighted by atomic mass is 10.2. The van der Waals surface area contributed by atoms with E-state index in [0.29, 0.717) is 11.3 Å². The van der Waals surface area contributed by atoms with Gasteiger partial charge in [-0.05, 0) is 59.0 Å². The normalized spacial score (nSPS) is 10.2. The zero-order chi connectivity index (χ0) is 17.0. The Morgan fingerprint density at radius 2 is 1.70 bits per heavy atom. The van der Waals surface area contributed by atoms with Crippen LogP contribution in [-0.2, 0) is 4.79 Å². The number of hydrogen-bond donors (Lipinski definition) is 2. The van der Waals surface area contributed by atoms with Crippen LogP contribution >= 0.6 is 22.6 Å². The summed E-state index contributed by atoms with van der Waals surface area (Å²) in [6, 6.07) is 7.92. The fourth-order valence-electron chi connectivity index (χ4n) is 1.69. The molecule has 0 aliphatic rings. The van der Waals surface area contributed by atoms with Crippen molar-refractivity contribution in [2.45, 2.75) is 0 Å². The van der Waals surface area contributed by atoms with Crippen molar-refractivity contribution in [3.8, 4) is 5.75 Å². The molecule has 0 radical (unpaired) electrons. The molecule has 2 aromatic carbocycles. The molecule has 0 aliphatic carbocycles. The number of hydrogen-bond acceptors (Lipinski definition) is 3. The van der Waals surface area contributed by atoms with Crippen molar-refractivity contribution in [2.75, 3.05) is 11.9 Å². The van der Waals surface area contributed by atoms with Crippen molar-refractivity contribution < 1.29 is 23.1 Å². The van der Waals surface area contributed by atoms with Gasteiger partial charge >= 0.3 is 0 Å². The van der Waals surface area contributed by atoms with Crippen LogP contribution in [0.2, 0.25) is 0 Å². The highest BCUT2D eigenvalue weighted by Gasteiger charge is 2.11. The zero-order valence-electron chi connectivity index (χ0n) is 11.6. The first kappa shape index (κ1) is 17.1. The fraction of sp³-hybridized carbons (Fsp3) is 0.0667. The van der Waals surface area contributed by atoms with E-state index in [4.69, 9.17) is 10.5 Å². The van der Waals surface area contributed by atoms with Crippen LogP contribution in [0.5, 0.6) is 5.75 Å². The Bertz CT molecular complexity index is 728. The second kappa shape index (κ2) is 7.36. The van der Waals surface area contributed by atoms with Gasteiger partial charge in [-0.3, -0.25) is 9.59 Å². The minimum atomic E-state index is -0.760. The summed E-state index contributed by atoms with van der Waals surface area (Å²) in [5, 5.41) is 2.33. The Morgan fingerprint density at radius 3 is 2.22 bits per heavy atom. The molecule has 8 heteroatoms. The quantitative estimate of drug-likeness (QED) is 0.564. The van der Waals surface area contributed by atoms with Crippen LogP contribution in [0.4, 0.5) is 14.5 Å². The molecule has 0 atom stereocenters. The summed E-state index contributed by atoms with van der Waals surface area (Å²) in [6.07, 6.45) is 0. The maximum Gasteiger partial charge on any atom is 0.262 e. The van der Waals surface area contributed by atoms with Crippen LogP contribution in [0.25, 0.3) is 0 Å². The Hall–Kier alpha value is -2.23. The van der Waals surface area contributed by atoms with Crippen molar-refractivity contribution in [1.82, 2.24) is 0 Å². The van der Waals surface area contributed by atoms with Gasteiger partial charge in [0.25, 0.3) is 5.91 Å². The lowest BCUT2D eigenvalue weighted by molar-refractivity contribution is -0.118. The summed E-state index contributed by atoms with van der Waals surface area (Å²) in [4.78, 5) is 22.6. The molecule has 5 nitrogen and oxygen atoms in total. The number of benzene rings is 2. The van der Waals surface area contributed by atoms with E-state index in [1.807, 2.05) is 0 Å². The molecular weight excluding hydrogens is 421 g/mol. The summed E-state index contributed by atoms with van der Waals surface area (Å²) in [7, 11) is 0. The zero-order valence-corrected chi connectivity index (χ0v) is 13.8. The van der Waals surface area contributed by atoms with Crippen LogP contribution in [0.1, 0.15) is 10.4 Å². The van der Waals surface area contributed by atoms with Crippen LogP contribution in [-0.4, -0.2) is 18.4 Å². The molecule has 2 amide bonds. The van der Waals surface area contributed by atoms with E-state index in [1.165, 1.54) is 46.9 Å². The Morgan fingerprint density at radius 1 is 1.13 bits per heavy atom. The van der Waals surface area contributed by atoms with Gasteiger partial charge in [-0.2, -0.15) is 0 Å². The Balaban J connectivity index is 1.93. The van der Waals surface area contributed by atoms with Crippen LogP contribution in [0.3, 0.4) is 0 Å². The molecule has 23 heavy (non-hydrogen) atoms. The molecule has 2 aromatic rings. The second-order valence-corrected chi connectivity index (χ2v) is 5.56. The molecule has 0 bridgehead atoms. The number of nitrogens with two attached hydrogens (primary N) is 1. The molecule has 0 fully saturated rings. The smallest absolute Gasteiger partial charge is 0.262 e. The number of carbonyl (C=O) groups is 2. The van der Waals surface area contributed by atoms with Gasteiger partial charge in [0.15, 0.2) is 6.61 Å². The SMILES string of the molecule is NC(=O)c1ccc(OCC(=O)Nc2cc(F)c(I)c(F)c2)cc1. The summed E-state index contributed by atoms with van der Waals surface area (Å²) in [6.45, 7) is -0.356. The van der Waals surface area contributed by atoms with Crippen molar-refractivity contribution in [1.29, 1.82) is 0 Å². The number of primary amides is 1. The molecule has 120 valence electrons. The van der Waals surface area contributed by atoms with Crippen LogP contribution in [0.15, 0.2) is 36.4 Å². The third kappa shape index (κ3) is 4.62. The highest BCUT2D eigenvalue weighted by atomic mass is 127. The minimum absolute atomic E-state index is 0.00177. The number of halogens is 3. The molecule has 0 spiro atoms. The molecular formula is C15H11F2IN2O3. The number of nitrogens with one attached hydrogen (secondary N) is 1. The first-order chi connectivity index (χ1) is 10.9. The lowest BCUT2D eigenvalue weighted by Crippen LogP contribution is -2.20. The summed E-state index contributed by atoms with van der Waals surface area (Å²) >= 11 is 1.53. The van der Waals surface area contributed by atoms with E-state index in [2.05, 4.69) is 5.32 Å². The number of rotatable bonds is 5. The van der Waals surface area contributed by atoms with E-state index in [-0.39, 0.29) is 15.9 Å². The molecule has 0 aromatic heterocycles. The van der Waals surface area contributed by atoms with Crippen molar-refractivity contribution in [2.24, 2.45) is 5.73 Å². The lowest BCUT2D eigenvalue weighted by Gasteiger charge is -2.09. The van der Waals surface area contributed by atoms with Gasteiger partial charge in [0.2, 0.25) is 5.91 Å². The molecule has 2 rings (SSSR count). The van der Waals surface area contributed by atoms with Crippen molar-refractivity contribution >= 4 is 40.1 Å². The molecule has 0 aliphatic heterocycles. The maximum absolute atomic E-state index is 13.4. The average molecular weight is 432 g/mol. The minimum Gasteiger partial charge on any atom is -0.484 e. The van der Waals surface area contributed by atoms with Gasteiger partial charge in [-0.1, -0.05) is 0 Å². The van der Waals surface area contributed by atoms with E-state index in [9.17, 15) is 18.4 Å². The largest absolute Gasteiger partial charge is 0.484 e. The van der Waals surface area contributed by atoms with Gasteiger partial charge in [-0.15, -0.1) is 0 Å². The molecule has 0 heterocycles. The first-order valence-electron chi connectivity index (χ1n) is 6.34. The summed E-state index contributed by atoms with van der Waals surface area (Å²) in [5.41, 5.74) is 5.41. The number of anilines is 1. The highest BCUT2D eigenvalue weighted by molar-refractivity contribution is 14.1. The highest BCUT2D eigenvalue weighted by Crippen LogP contribution is 2.20. The van der Waals surface area contributed by atoms with Gasteiger partial charge in [-0.25, -0.2) is 8.78 Å². The molecule has 0 saturated carbocycles. The third-order valence-corrected chi connectivity index (χ3v) is 3.81. The third-order valence-electron chi connectivity index (χ3n) is 2.78. The van der Waals surface area contributed by atoms with Gasteiger partial charge < -0.3 is 15.8 Å². The summed E-state index contributed by atoms with van der Waals surface area (Å²) < 4.78 is 31.8. The predicted molar refractivity (Wildman–Crippen MR) is 88.2 cm³/mol. The average Bonchev–Trinajstić information content (AvgIpc) is 2.51. The van der Waals surface area contributed by atoms with Crippen molar-refractivity contribution in [3.05, 3.63) is 57.2 Å². The molecule has 3 N–H and O–H groups in total. The Labute approximate surface area is 144 Å². The monoisotopic (exact) mass is 432 g/mol. The number of carbonyl (C=O) groups excluding carboxylic acids is 2. The van der Waals surface area contributed by atoms with Crippen LogP contribution in [0, 0.1) is 15.2 Å². The first-order valence-corrected chi connectivity index (χ1v) is 7.42. The second-order valence-electron chi connectivity index (χ2n) is 4.48. The topological polar surface area (TPSA) is 81.4 Å². The maximum atomic E-state index is 13.4. The van der Waals surface area contributed by atoms with Crippen molar-refractivity contribution in [3.63, 3.8) is 0 Å². The van der Waals surface area contributed by atoms with Gasteiger partial charge in [0.05, 0.1) is 3.57 Å². The standard InChI is InChI=1S/C15H11F2IN2O3/c16-11-5-9(6-12(17)14(11)18)20-13(21)7-23-10-3-1-8(2-4-10)15(19)22/h1-6H,7H2,(H2,19,22)(H,20,21). The van der Waals surface area contributed by atoms with E-state index in [1.54, 1.807) is 0 Å². The number of ether oxygens (including phenoxy) is 1. The van der Waals surface area contributed by atoms with E-state index < -0.39 is 23.4 Å². The molecule has 0 unspecified atom stereocenters. The summed E-state index contributed by atoms with van der Waals surface area (Å²) in [5.74, 6) is -2.32. The predicted octanol–water partition coefficient (Wildman–Crippen LogP) is 2.69. The Kier molecular flexibility index (Phi) is 5.48. The number of amides is 2. The van der Waals surface area contributed by atoms with Gasteiger partial charge in [0, 0.05) is 11.3 Å². The van der Waals surface area contributed by atoms with Crippen LogP contribution < -0.4 is 15.8 Å². The molecule has 0 saturated heterocycles. The van der Waals surface area contributed by atoms with Gasteiger partial charge in [0.1, 0.15) is 17.4 Å². The van der Waals surface area contributed by atoms with E-state index >= 15 is 0 Å². The van der Waals surface area contributed by atoms with E-state index in [0.717, 1.165) is 12.1 Å². The fourth-order valence-corrected chi connectivity index (χ4v) is 2.00.